The average Bonchev–Trinajstić information content (AvgIpc) is 2.80. The molecule has 170 valence electrons. The van der Waals surface area contributed by atoms with Crippen LogP contribution in [0.5, 0.6) is 0 Å². The van der Waals surface area contributed by atoms with Crippen molar-refractivity contribution in [2.24, 2.45) is 0 Å². The molecule has 1 aliphatic rings. The molecular weight excluding hydrogens is 469 g/mol. The van der Waals surface area contributed by atoms with Crippen LogP contribution in [0.3, 0.4) is 0 Å². The molecule has 2 aromatic carbocycles. The molecule has 0 atom stereocenters. The van der Waals surface area contributed by atoms with Gasteiger partial charge in [0.15, 0.2) is 0 Å². The quantitative estimate of drug-likeness (QED) is 0.592. The Kier molecular flexibility index (Phi) is 6.40. The predicted molar refractivity (Wildman–Crippen MR) is 125 cm³/mol. The van der Waals surface area contributed by atoms with Crippen molar-refractivity contribution in [1.29, 1.82) is 0 Å². The van der Waals surface area contributed by atoms with Gasteiger partial charge in [-0.2, -0.15) is 0 Å². The zero-order chi connectivity index (χ0) is 23.7. The Morgan fingerprint density at radius 1 is 0.970 bits per heavy atom. The number of amides is 1. The lowest BCUT2D eigenvalue weighted by molar-refractivity contribution is -0.119. The van der Waals surface area contributed by atoms with E-state index in [1.165, 1.54) is 0 Å². The normalized spacial score (nSPS) is 13.9. The van der Waals surface area contributed by atoms with Crippen molar-refractivity contribution in [3.8, 4) is 5.69 Å². The molecule has 0 unspecified atom stereocenters. The first-order valence-electron chi connectivity index (χ1n) is 10.2. The fourth-order valence-electron chi connectivity index (χ4n) is 3.79. The van der Waals surface area contributed by atoms with Crippen LogP contribution < -0.4 is 16.1 Å². The van der Waals surface area contributed by atoms with Gasteiger partial charge in [0.05, 0.1) is 22.3 Å². The van der Waals surface area contributed by atoms with Crippen LogP contribution >= 0.6 is 23.2 Å². The average molecular weight is 488 g/mol. The van der Waals surface area contributed by atoms with Crippen molar-refractivity contribution < 1.29 is 14.7 Å². The van der Waals surface area contributed by atoms with E-state index < -0.39 is 22.8 Å². The first-order valence-corrected chi connectivity index (χ1v) is 11.0. The molecule has 0 radical (unpaired) electrons. The molecule has 1 aliphatic heterocycles. The Balaban J connectivity index is 1.79. The molecule has 1 aromatic heterocycles. The number of anilines is 1. The highest BCUT2D eigenvalue weighted by molar-refractivity contribution is 6.42. The molecule has 0 bridgehead atoms. The third kappa shape index (κ3) is 4.44. The van der Waals surface area contributed by atoms with Crippen LogP contribution in [-0.2, 0) is 11.3 Å². The second kappa shape index (κ2) is 9.25. The largest absolute Gasteiger partial charge is 0.477 e. The van der Waals surface area contributed by atoms with E-state index in [9.17, 15) is 24.3 Å². The summed E-state index contributed by atoms with van der Waals surface area (Å²) in [6.45, 7) is 0.366. The zero-order valence-corrected chi connectivity index (χ0v) is 18.8. The predicted octanol–water partition coefficient (Wildman–Crippen LogP) is 3.57. The first kappa shape index (κ1) is 22.8. The second-order valence-corrected chi connectivity index (χ2v) is 8.41. The topological polar surface area (TPSA) is 102 Å². The molecule has 1 amide bonds. The van der Waals surface area contributed by atoms with Gasteiger partial charge in [0.25, 0.3) is 5.56 Å². The van der Waals surface area contributed by atoms with Gasteiger partial charge in [0, 0.05) is 24.8 Å². The Hall–Kier alpha value is -3.36. The van der Waals surface area contributed by atoms with Crippen molar-refractivity contribution in [2.45, 2.75) is 25.8 Å². The summed E-state index contributed by atoms with van der Waals surface area (Å²) < 4.78 is 1.90. The molecule has 33 heavy (non-hydrogen) atoms. The smallest absolute Gasteiger partial charge is 0.342 e. The molecule has 0 spiro atoms. The number of nitrogens with zero attached hydrogens (tertiary/aromatic N) is 3. The van der Waals surface area contributed by atoms with Crippen molar-refractivity contribution >= 4 is 40.8 Å². The van der Waals surface area contributed by atoms with Crippen LogP contribution in [0, 0.1) is 0 Å². The fourth-order valence-corrected chi connectivity index (χ4v) is 4.17. The minimum absolute atomic E-state index is 0.0336. The summed E-state index contributed by atoms with van der Waals surface area (Å²) in [6.07, 6.45) is 3.26. The number of benzene rings is 2. The highest BCUT2D eigenvalue weighted by atomic mass is 35.5. The minimum Gasteiger partial charge on any atom is -0.477 e. The van der Waals surface area contributed by atoms with Crippen molar-refractivity contribution in [3.63, 3.8) is 0 Å². The number of halogens is 2. The molecule has 2 heterocycles. The number of carbonyl (C=O) groups excluding carboxylic acids is 1. The van der Waals surface area contributed by atoms with Gasteiger partial charge in [0.1, 0.15) is 5.56 Å². The molecule has 4 rings (SSSR count). The van der Waals surface area contributed by atoms with Crippen LogP contribution in [0.1, 0.15) is 35.2 Å². The van der Waals surface area contributed by atoms with Gasteiger partial charge in [-0.3, -0.25) is 18.7 Å². The lowest BCUT2D eigenvalue weighted by Gasteiger charge is -2.27. The van der Waals surface area contributed by atoms with E-state index in [-0.39, 0.29) is 22.5 Å². The molecule has 10 heteroatoms. The monoisotopic (exact) mass is 487 g/mol. The summed E-state index contributed by atoms with van der Waals surface area (Å²) in [5, 5.41) is 9.96. The minimum atomic E-state index is -1.46. The SMILES string of the molecule is O=C(O)c1cn(-c2ccc(N3CCCCC3=O)cc2)c(=O)n(Cc2cccc(Cl)c2Cl)c1=O. The molecule has 1 saturated heterocycles. The van der Waals surface area contributed by atoms with Crippen molar-refractivity contribution in [3.05, 3.63) is 90.7 Å². The number of carbonyl (C=O) groups is 2. The summed E-state index contributed by atoms with van der Waals surface area (Å²) in [6, 6.07) is 11.4. The van der Waals surface area contributed by atoms with E-state index in [0.29, 0.717) is 29.9 Å². The molecule has 3 aromatic rings. The van der Waals surface area contributed by atoms with Crippen LogP contribution in [-0.4, -0.2) is 32.7 Å². The maximum Gasteiger partial charge on any atom is 0.342 e. The van der Waals surface area contributed by atoms with E-state index in [1.54, 1.807) is 47.4 Å². The maximum absolute atomic E-state index is 13.2. The standard InChI is InChI=1S/C23H19Cl2N3O5/c24-18-5-3-4-14(20(18)25)12-28-21(30)17(22(31)32)13-27(23(28)33)16-9-7-15(8-10-16)26-11-2-1-6-19(26)29/h3-5,7-10,13H,1-2,6,11-12H2,(H,31,32). The van der Waals surface area contributed by atoms with Gasteiger partial charge in [-0.05, 0) is 48.7 Å². The molecular formula is C23H19Cl2N3O5. The Labute approximate surface area is 198 Å². The highest BCUT2D eigenvalue weighted by Crippen LogP contribution is 2.26. The summed E-state index contributed by atoms with van der Waals surface area (Å²) in [4.78, 5) is 51.5. The zero-order valence-electron chi connectivity index (χ0n) is 17.3. The number of rotatable bonds is 5. The summed E-state index contributed by atoms with van der Waals surface area (Å²) in [5.41, 5.74) is -0.812. The maximum atomic E-state index is 13.2. The van der Waals surface area contributed by atoms with Crippen LogP contribution in [0.15, 0.2) is 58.3 Å². The number of hydrogen-bond donors (Lipinski definition) is 1. The van der Waals surface area contributed by atoms with Crippen LogP contribution in [0.25, 0.3) is 5.69 Å². The van der Waals surface area contributed by atoms with E-state index in [0.717, 1.165) is 28.2 Å². The highest BCUT2D eigenvalue weighted by Gasteiger charge is 2.21. The number of hydrogen-bond acceptors (Lipinski definition) is 4. The van der Waals surface area contributed by atoms with E-state index in [2.05, 4.69) is 0 Å². The Bertz CT molecular complexity index is 1360. The third-order valence-corrected chi connectivity index (χ3v) is 6.38. The van der Waals surface area contributed by atoms with Crippen LogP contribution in [0.2, 0.25) is 10.0 Å². The lowest BCUT2D eigenvalue weighted by atomic mass is 10.1. The molecule has 0 aliphatic carbocycles. The van der Waals surface area contributed by atoms with Crippen LogP contribution in [0.4, 0.5) is 5.69 Å². The van der Waals surface area contributed by atoms with E-state index in [4.69, 9.17) is 23.2 Å². The van der Waals surface area contributed by atoms with Gasteiger partial charge >= 0.3 is 11.7 Å². The van der Waals surface area contributed by atoms with Gasteiger partial charge in [-0.25, -0.2) is 9.59 Å². The molecule has 1 fully saturated rings. The first-order chi connectivity index (χ1) is 15.8. The van der Waals surface area contributed by atoms with E-state index in [1.807, 2.05) is 0 Å². The third-order valence-electron chi connectivity index (χ3n) is 5.52. The second-order valence-electron chi connectivity index (χ2n) is 7.62. The van der Waals surface area contributed by atoms with Crippen molar-refractivity contribution in [1.82, 2.24) is 9.13 Å². The van der Waals surface area contributed by atoms with Gasteiger partial charge < -0.3 is 10.0 Å². The van der Waals surface area contributed by atoms with Gasteiger partial charge in [0.2, 0.25) is 5.91 Å². The Morgan fingerprint density at radius 2 is 1.67 bits per heavy atom. The lowest BCUT2D eigenvalue weighted by Crippen LogP contribution is -2.42. The summed E-state index contributed by atoms with van der Waals surface area (Å²) in [7, 11) is 0. The number of piperidine rings is 1. The fraction of sp³-hybridized carbons (Fsp3) is 0.217. The number of aromatic nitrogens is 2. The van der Waals surface area contributed by atoms with Crippen molar-refractivity contribution in [2.75, 3.05) is 11.4 Å². The molecule has 0 saturated carbocycles. The Morgan fingerprint density at radius 3 is 2.33 bits per heavy atom. The summed E-state index contributed by atoms with van der Waals surface area (Å²) in [5.74, 6) is -1.43. The molecule has 1 N–H and O–H groups in total. The molecule has 8 nitrogen and oxygen atoms in total. The number of aromatic carboxylic acids is 1. The number of carboxylic acids is 1. The van der Waals surface area contributed by atoms with Gasteiger partial charge in [-0.1, -0.05) is 35.3 Å². The van der Waals surface area contributed by atoms with Gasteiger partial charge in [-0.15, -0.1) is 0 Å². The summed E-state index contributed by atoms with van der Waals surface area (Å²) >= 11 is 12.2. The van der Waals surface area contributed by atoms with E-state index >= 15 is 0 Å². The number of carboxylic acid groups (broad SMARTS) is 1.